The van der Waals surface area contributed by atoms with Crippen molar-refractivity contribution in [3.05, 3.63) is 59.2 Å². The zero-order valence-corrected chi connectivity index (χ0v) is 18.1. The normalized spacial score (nSPS) is 28.5. The van der Waals surface area contributed by atoms with Crippen LogP contribution in [0.1, 0.15) is 63.5 Å². The highest BCUT2D eigenvalue weighted by Crippen LogP contribution is 2.48. The van der Waals surface area contributed by atoms with Gasteiger partial charge in [0, 0.05) is 12.5 Å². The fourth-order valence-corrected chi connectivity index (χ4v) is 5.33. The molecule has 0 spiro atoms. The molecule has 0 radical (unpaired) electrons. The van der Waals surface area contributed by atoms with Gasteiger partial charge in [0.25, 0.3) is 0 Å². The maximum absolute atomic E-state index is 10.6. The van der Waals surface area contributed by atoms with E-state index in [1.807, 2.05) is 6.08 Å². The standard InChI is InChI=1S/C26H39NO2/c1-3-4-7-18(2)12-23(28)10-11-24-25-15-19(14-22(25)16-26(24)29)13-20-8-5-6-9-21(20)17-27/h5-6,8-11,14,18,22-26,28-29H,3-4,7,12-13,15-17,27H2,1-2H3/t18-,22-,23+,24+,25-,26+/m0/s1. The number of benzene rings is 1. The van der Waals surface area contributed by atoms with Gasteiger partial charge < -0.3 is 15.9 Å². The highest BCUT2D eigenvalue weighted by Gasteiger charge is 2.43. The minimum absolute atomic E-state index is 0.152. The Morgan fingerprint density at radius 2 is 2.00 bits per heavy atom. The smallest absolute Gasteiger partial charge is 0.0723 e. The van der Waals surface area contributed by atoms with Crippen molar-refractivity contribution >= 4 is 0 Å². The van der Waals surface area contributed by atoms with Gasteiger partial charge in [-0.2, -0.15) is 0 Å². The number of unbranched alkanes of at least 4 members (excludes halogenated alkanes) is 1. The van der Waals surface area contributed by atoms with Crippen molar-refractivity contribution in [1.29, 1.82) is 0 Å². The van der Waals surface area contributed by atoms with Crippen molar-refractivity contribution in [1.82, 2.24) is 0 Å². The van der Waals surface area contributed by atoms with E-state index in [9.17, 15) is 10.2 Å². The third-order valence-corrected chi connectivity index (χ3v) is 6.96. The summed E-state index contributed by atoms with van der Waals surface area (Å²) in [6.45, 7) is 5.01. The van der Waals surface area contributed by atoms with Crippen LogP contribution in [0.4, 0.5) is 0 Å². The molecule has 3 nitrogen and oxygen atoms in total. The van der Waals surface area contributed by atoms with Gasteiger partial charge in [-0.25, -0.2) is 0 Å². The number of rotatable bonds is 10. The Hall–Kier alpha value is -1.42. The maximum atomic E-state index is 10.6. The molecule has 1 fully saturated rings. The Bertz CT molecular complexity index is 710. The Kier molecular flexibility index (Phi) is 8.11. The van der Waals surface area contributed by atoms with Crippen LogP contribution >= 0.6 is 0 Å². The summed E-state index contributed by atoms with van der Waals surface area (Å²) in [6, 6.07) is 8.43. The van der Waals surface area contributed by atoms with Crippen LogP contribution in [-0.4, -0.2) is 22.4 Å². The van der Waals surface area contributed by atoms with E-state index < -0.39 is 6.10 Å². The average Bonchev–Trinajstić information content (AvgIpc) is 3.21. The Labute approximate surface area is 176 Å². The monoisotopic (exact) mass is 397 g/mol. The summed E-state index contributed by atoms with van der Waals surface area (Å²) in [5.74, 6) is 1.61. The highest BCUT2D eigenvalue weighted by molar-refractivity contribution is 5.33. The van der Waals surface area contributed by atoms with Crippen molar-refractivity contribution in [2.45, 2.75) is 77.5 Å². The first-order valence-electron chi connectivity index (χ1n) is 11.5. The summed E-state index contributed by atoms with van der Waals surface area (Å²) in [6.07, 6.45) is 13.0. The summed E-state index contributed by atoms with van der Waals surface area (Å²) >= 11 is 0. The van der Waals surface area contributed by atoms with Crippen LogP contribution in [0.2, 0.25) is 0 Å². The van der Waals surface area contributed by atoms with E-state index in [0.29, 0.717) is 24.3 Å². The Morgan fingerprint density at radius 1 is 1.24 bits per heavy atom. The van der Waals surface area contributed by atoms with Crippen LogP contribution < -0.4 is 5.73 Å². The minimum Gasteiger partial charge on any atom is -0.392 e. The van der Waals surface area contributed by atoms with Crippen LogP contribution in [0.15, 0.2) is 48.1 Å². The molecule has 0 amide bonds. The topological polar surface area (TPSA) is 66.5 Å². The highest BCUT2D eigenvalue weighted by atomic mass is 16.3. The molecular weight excluding hydrogens is 358 g/mol. The molecule has 2 aliphatic rings. The van der Waals surface area contributed by atoms with Gasteiger partial charge in [-0.15, -0.1) is 0 Å². The van der Waals surface area contributed by atoms with Gasteiger partial charge in [0.1, 0.15) is 0 Å². The lowest BCUT2D eigenvalue weighted by Gasteiger charge is -2.20. The van der Waals surface area contributed by atoms with Crippen molar-refractivity contribution in [3.8, 4) is 0 Å². The second-order valence-corrected chi connectivity index (χ2v) is 9.32. The second kappa shape index (κ2) is 10.6. The molecule has 160 valence electrons. The van der Waals surface area contributed by atoms with Crippen LogP contribution in [0.25, 0.3) is 0 Å². The van der Waals surface area contributed by atoms with Crippen LogP contribution in [0, 0.1) is 23.7 Å². The predicted molar refractivity (Wildman–Crippen MR) is 120 cm³/mol. The SMILES string of the molecule is CCCC[C@H](C)C[C@H](O)C=C[C@@H]1[C@H]2CC(Cc3ccccc3CN)=C[C@H]2C[C@H]1O. The van der Waals surface area contributed by atoms with Crippen LogP contribution in [0.5, 0.6) is 0 Å². The summed E-state index contributed by atoms with van der Waals surface area (Å²) in [5, 5.41) is 21.0. The lowest BCUT2D eigenvalue weighted by Crippen LogP contribution is -2.18. The number of nitrogens with two attached hydrogens (primary N) is 1. The summed E-state index contributed by atoms with van der Waals surface area (Å²) in [5.41, 5.74) is 9.92. The number of hydrogen-bond acceptors (Lipinski definition) is 3. The number of aliphatic hydroxyl groups is 2. The van der Waals surface area contributed by atoms with E-state index >= 15 is 0 Å². The second-order valence-electron chi connectivity index (χ2n) is 9.32. The molecule has 0 aliphatic heterocycles. The number of allylic oxidation sites excluding steroid dienone is 2. The van der Waals surface area contributed by atoms with E-state index in [2.05, 4.69) is 50.3 Å². The molecule has 0 unspecified atom stereocenters. The van der Waals surface area contributed by atoms with Crippen molar-refractivity contribution < 1.29 is 10.2 Å². The lowest BCUT2D eigenvalue weighted by molar-refractivity contribution is 0.139. The molecule has 6 atom stereocenters. The third-order valence-electron chi connectivity index (χ3n) is 6.96. The van der Waals surface area contributed by atoms with Gasteiger partial charge in [-0.1, -0.05) is 81.2 Å². The molecule has 0 bridgehead atoms. The molecule has 2 aliphatic carbocycles. The quantitative estimate of drug-likeness (QED) is 0.499. The van der Waals surface area contributed by atoms with Gasteiger partial charge in [0.05, 0.1) is 12.2 Å². The van der Waals surface area contributed by atoms with E-state index in [0.717, 1.165) is 25.7 Å². The summed E-state index contributed by atoms with van der Waals surface area (Å²) in [4.78, 5) is 0. The number of aliphatic hydroxyl groups excluding tert-OH is 2. The Balaban J connectivity index is 1.57. The molecule has 1 saturated carbocycles. The predicted octanol–water partition coefficient (Wildman–Crippen LogP) is 4.76. The van der Waals surface area contributed by atoms with Gasteiger partial charge >= 0.3 is 0 Å². The lowest BCUT2D eigenvalue weighted by atomic mass is 9.87. The number of hydrogen-bond donors (Lipinski definition) is 3. The molecule has 0 saturated heterocycles. The largest absolute Gasteiger partial charge is 0.392 e. The molecule has 29 heavy (non-hydrogen) atoms. The minimum atomic E-state index is -0.404. The van der Waals surface area contributed by atoms with E-state index in [4.69, 9.17) is 5.73 Å². The first-order chi connectivity index (χ1) is 14.0. The van der Waals surface area contributed by atoms with Crippen molar-refractivity contribution in [2.75, 3.05) is 0 Å². The zero-order valence-electron chi connectivity index (χ0n) is 18.1. The fraction of sp³-hybridized carbons (Fsp3) is 0.615. The molecular formula is C26H39NO2. The summed E-state index contributed by atoms with van der Waals surface area (Å²) in [7, 11) is 0. The molecule has 0 aromatic heterocycles. The zero-order chi connectivity index (χ0) is 20.8. The molecule has 3 heteroatoms. The van der Waals surface area contributed by atoms with E-state index in [-0.39, 0.29) is 12.0 Å². The Morgan fingerprint density at radius 3 is 2.72 bits per heavy atom. The molecule has 3 rings (SSSR count). The van der Waals surface area contributed by atoms with E-state index in [1.165, 1.54) is 36.0 Å². The van der Waals surface area contributed by atoms with Gasteiger partial charge in [-0.3, -0.25) is 0 Å². The van der Waals surface area contributed by atoms with Gasteiger partial charge in [0.15, 0.2) is 0 Å². The van der Waals surface area contributed by atoms with E-state index in [1.54, 1.807) is 0 Å². The fourth-order valence-electron chi connectivity index (χ4n) is 5.33. The van der Waals surface area contributed by atoms with Crippen molar-refractivity contribution in [3.63, 3.8) is 0 Å². The van der Waals surface area contributed by atoms with Crippen LogP contribution in [0.3, 0.4) is 0 Å². The van der Waals surface area contributed by atoms with Crippen molar-refractivity contribution in [2.24, 2.45) is 29.4 Å². The molecule has 4 N–H and O–H groups in total. The maximum Gasteiger partial charge on any atom is 0.0723 e. The average molecular weight is 398 g/mol. The van der Waals surface area contributed by atoms with Gasteiger partial charge in [-0.05, 0) is 54.6 Å². The third kappa shape index (κ3) is 5.81. The first kappa shape index (κ1) is 22.3. The summed E-state index contributed by atoms with van der Waals surface area (Å²) < 4.78 is 0. The number of fused-ring (bicyclic) bond motifs is 1. The molecule has 1 aromatic rings. The van der Waals surface area contributed by atoms with Crippen LogP contribution in [-0.2, 0) is 13.0 Å². The first-order valence-corrected chi connectivity index (χ1v) is 11.5. The molecule has 0 heterocycles. The molecule has 1 aromatic carbocycles. The van der Waals surface area contributed by atoms with Gasteiger partial charge in [0.2, 0.25) is 0 Å².